The minimum absolute atomic E-state index is 0.0219. The Bertz CT molecular complexity index is 1560. The Morgan fingerprint density at radius 1 is 0.559 bits per heavy atom. The van der Waals surface area contributed by atoms with Gasteiger partial charge in [0.2, 0.25) is 0 Å². The lowest BCUT2D eigenvalue weighted by Crippen LogP contribution is -2.64. The number of esters is 2. The van der Waals surface area contributed by atoms with Gasteiger partial charge in [0, 0.05) is 12.8 Å². The molecule has 6 unspecified atom stereocenters. The Labute approximate surface area is 405 Å². The summed E-state index contributed by atoms with van der Waals surface area (Å²) < 4.78 is 49.4. The highest BCUT2D eigenvalue weighted by molar-refractivity contribution is 7.47. The third-order valence-corrected chi connectivity index (χ3v) is 12.7. The average Bonchev–Trinajstić information content (AvgIpc) is 3.29. The number of rotatable bonds is 41. The van der Waals surface area contributed by atoms with Crippen molar-refractivity contribution in [1.29, 1.82) is 0 Å². The number of carbonyl (C=O) groups is 2. The molecule has 1 rings (SSSR count). The summed E-state index contributed by atoms with van der Waals surface area (Å²) in [5.74, 6) is -1.27. The van der Waals surface area contributed by atoms with Gasteiger partial charge in [0.05, 0.1) is 12.7 Å². The second-order valence-corrected chi connectivity index (χ2v) is 19.9. The van der Waals surface area contributed by atoms with Crippen LogP contribution in [0.25, 0.3) is 0 Å². The summed E-state index contributed by atoms with van der Waals surface area (Å²) in [6, 6.07) is 0. The summed E-state index contributed by atoms with van der Waals surface area (Å²) in [7, 11) is -10.7. The van der Waals surface area contributed by atoms with Gasteiger partial charge in [-0.3, -0.25) is 23.2 Å². The molecule has 0 aromatic carbocycles. The molecule has 1 aliphatic carbocycles. The van der Waals surface area contributed by atoms with Crippen LogP contribution in [0.4, 0.5) is 0 Å². The first-order valence-electron chi connectivity index (χ1n) is 24.9. The monoisotopic (exact) mass is 1010 g/mol. The molecule has 0 aromatic heterocycles. The number of hydrogen-bond acceptors (Lipinski definition) is 14. The van der Waals surface area contributed by atoms with Gasteiger partial charge in [-0.05, 0) is 70.6 Å². The summed E-state index contributed by atoms with van der Waals surface area (Å²) in [5, 5.41) is 51.2. The third-order valence-electron chi connectivity index (χ3n) is 11.2. The maximum atomic E-state index is 13.0. The number of aliphatic hydroxyl groups excluding tert-OH is 5. The van der Waals surface area contributed by atoms with E-state index in [0.29, 0.717) is 19.3 Å². The van der Waals surface area contributed by atoms with Crippen molar-refractivity contribution in [3.05, 3.63) is 60.8 Å². The van der Waals surface area contributed by atoms with Crippen molar-refractivity contribution in [3.8, 4) is 0 Å². The molecule has 0 aromatic rings. The molecule has 9 atom stereocenters. The summed E-state index contributed by atoms with van der Waals surface area (Å²) in [6.45, 7) is 2.86. The van der Waals surface area contributed by atoms with Crippen LogP contribution < -0.4 is 0 Å². The molecule has 0 aliphatic heterocycles. The molecule has 19 heteroatoms. The summed E-state index contributed by atoms with van der Waals surface area (Å²) in [4.78, 5) is 54.4. The Morgan fingerprint density at radius 2 is 1.07 bits per heavy atom. The molecule has 17 nitrogen and oxygen atoms in total. The fraction of sp³-hybridized carbons (Fsp3) is 0.755. The van der Waals surface area contributed by atoms with E-state index >= 15 is 0 Å². The largest absolute Gasteiger partial charge is 0.472 e. The second-order valence-electron chi connectivity index (χ2n) is 17.3. The molecule has 0 spiro atoms. The van der Waals surface area contributed by atoms with Crippen molar-refractivity contribution < 1.29 is 82.0 Å². The predicted octanol–water partition coefficient (Wildman–Crippen LogP) is 8.81. The normalized spacial score (nSPS) is 22.2. The molecule has 8 N–H and O–H groups in total. The highest BCUT2D eigenvalue weighted by Gasteiger charge is 2.54. The second kappa shape index (κ2) is 39.3. The van der Waals surface area contributed by atoms with E-state index in [1.54, 1.807) is 6.08 Å². The van der Waals surface area contributed by atoms with Crippen LogP contribution >= 0.6 is 15.6 Å². The van der Waals surface area contributed by atoms with Crippen LogP contribution in [0, 0.1) is 0 Å². The van der Waals surface area contributed by atoms with Crippen molar-refractivity contribution in [2.24, 2.45) is 0 Å². The molecule has 1 aliphatic rings. The molecule has 0 saturated heterocycles. The van der Waals surface area contributed by atoms with E-state index in [1.165, 1.54) is 38.5 Å². The minimum atomic E-state index is -5.38. The van der Waals surface area contributed by atoms with Crippen molar-refractivity contribution >= 4 is 27.6 Å². The maximum absolute atomic E-state index is 13.0. The number of phosphoric acid groups is 2. The Morgan fingerprint density at radius 3 is 1.63 bits per heavy atom. The molecule has 0 bridgehead atoms. The lowest BCUT2D eigenvalue weighted by atomic mass is 9.85. The smallest absolute Gasteiger partial charge is 0.462 e. The number of allylic oxidation sites excluding steroid dienone is 8. The topological polar surface area (TPSA) is 276 Å². The van der Waals surface area contributed by atoms with Gasteiger partial charge in [0.1, 0.15) is 43.2 Å². The van der Waals surface area contributed by atoms with Gasteiger partial charge in [0.25, 0.3) is 0 Å². The first-order valence-corrected chi connectivity index (χ1v) is 28.0. The number of aliphatic hydroxyl groups is 5. The van der Waals surface area contributed by atoms with Crippen LogP contribution in [0.3, 0.4) is 0 Å². The SMILES string of the molecule is CC/C=C/CC(O)/C=C/C=C/CCCCCCCC(=O)OC[C@H](COP(=O)(O)O[C@H]1C(O)C(O)C(O)[C@@H](OP(=O)(O)O)C1O)OC(=O)CCCCCCCCCCC/C=C\C/C=C\CCCCC. The van der Waals surface area contributed by atoms with Crippen molar-refractivity contribution in [1.82, 2.24) is 0 Å². The zero-order valence-electron chi connectivity index (χ0n) is 40.6. The van der Waals surface area contributed by atoms with Crippen LogP contribution in [-0.2, 0) is 41.8 Å². The van der Waals surface area contributed by atoms with E-state index in [-0.39, 0.29) is 12.8 Å². The van der Waals surface area contributed by atoms with E-state index in [2.05, 4.69) is 35.8 Å². The summed E-state index contributed by atoms with van der Waals surface area (Å²) in [6.07, 6.45) is 27.8. The molecule has 394 valence electrons. The van der Waals surface area contributed by atoms with Gasteiger partial charge >= 0.3 is 27.6 Å². The molecule has 0 heterocycles. The standard InChI is InChI=1S/C49H86O17P2/c1-3-5-7-8-9-10-11-12-13-14-15-16-17-18-19-22-26-29-33-37-43(52)64-41(38-62-42(51)36-32-28-25-23-20-21-24-27-31-35-40(50)34-30-6-4-2)39-63-68(60,61)66-49-46(55)44(53)45(54)48(47(49)56)65-67(57,58)59/h6,9-10,12-13,24,27,30-31,35,40-41,44-50,53-56H,3-5,7-8,11,14-23,25-26,28-29,32-34,36-39H2,1-2H3,(H,60,61)(H2,57,58,59)/b10-9-,13-12-,27-24+,30-6+,35-31+/t40?,41-,44?,45?,46?,47?,48-,49+/m1/s1. The lowest BCUT2D eigenvalue weighted by Gasteiger charge is -2.43. The zero-order chi connectivity index (χ0) is 50.5. The fourth-order valence-corrected chi connectivity index (χ4v) is 8.81. The molecule has 1 fully saturated rings. The summed E-state index contributed by atoms with van der Waals surface area (Å²) in [5.41, 5.74) is 0. The van der Waals surface area contributed by atoms with E-state index in [0.717, 1.165) is 89.9 Å². The van der Waals surface area contributed by atoms with Gasteiger partial charge in [-0.2, -0.15) is 0 Å². The molecule has 0 radical (unpaired) electrons. The number of carbonyl (C=O) groups excluding carboxylic acids is 2. The molecule has 1 saturated carbocycles. The van der Waals surface area contributed by atoms with Crippen LogP contribution in [0.2, 0.25) is 0 Å². The molecule has 0 amide bonds. The van der Waals surface area contributed by atoms with Crippen molar-refractivity contribution in [2.75, 3.05) is 13.2 Å². The lowest BCUT2D eigenvalue weighted by molar-refractivity contribution is -0.216. The van der Waals surface area contributed by atoms with Crippen molar-refractivity contribution in [2.45, 2.75) is 223 Å². The fourth-order valence-electron chi connectivity index (χ4n) is 7.27. The van der Waals surface area contributed by atoms with E-state index in [4.69, 9.17) is 18.5 Å². The number of hydrogen-bond donors (Lipinski definition) is 8. The Hall–Kier alpha value is -2.34. The number of phosphoric ester groups is 2. The third kappa shape index (κ3) is 33.3. The van der Waals surface area contributed by atoms with Crippen molar-refractivity contribution in [3.63, 3.8) is 0 Å². The van der Waals surface area contributed by atoms with Crippen LogP contribution in [0.5, 0.6) is 0 Å². The van der Waals surface area contributed by atoms with Crippen LogP contribution in [-0.4, -0.2) is 114 Å². The van der Waals surface area contributed by atoms with E-state index < -0.39 is 89.6 Å². The minimum Gasteiger partial charge on any atom is -0.462 e. The van der Waals surface area contributed by atoms with Crippen LogP contribution in [0.1, 0.15) is 174 Å². The number of unbranched alkanes of at least 4 members (excludes halogenated alkanes) is 17. The Balaban J connectivity index is 2.58. The predicted molar refractivity (Wildman–Crippen MR) is 261 cm³/mol. The highest BCUT2D eigenvalue weighted by Crippen LogP contribution is 2.49. The zero-order valence-corrected chi connectivity index (χ0v) is 42.4. The van der Waals surface area contributed by atoms with Crippen LogP contribution in [0.15, 0.2) is 60.8 Å². The maximum Gasteiger partial charge on any atom is 0.472 e. The van der Waals surface area contributed by atoms with Gasteiger partial charge in [0.15, 0.2) is 6.10 Å². The summed E-state index contributed by atoms with van der Waals surface area (Å²) >= 11 is 0. The van der Waals surface area contributed by atoms with E-state index in [1.807, 2.05) is 37.3 Å². The number of ether oxygens (including phenoxy) is 2. The molecular formula is C49H86O17P2. The van der Waals surface area contributed by atoms with Gasteiger partial charge in [-0.15, -0.1) is 0 Å². The molecular weight excluding hydrogens is 922 g/mol. The first kappa shape index (κ1) is 63.7. The first-order chi connectivity index (χ1) is 32.5. The van der Waals surface area contributed by atoms with Gasteiger partial charge in [-0.25, -0.2) is 9.13 Å². The quantitative estimate of drug-likeness (QED) is 0.00934. The van der Waals surface area contributed by atoms with E-state index in [9.17, 15) is 58.9 Å². The van der Waals surface area contributed by atoms with Gasteiger partial charge < -0.3 is 49.7 Å². The average molecular weight is 1010 g/mol. The van der Waals surface area contributed by atoms with Gasteiger partial charge in [-0.1, -0.05) is 152 Å². The highest BCUT2D eigenvalue weighted by atomic mass is 31.2. The molecule has 68 heavy (non-hydrogen) atoms. The Kier molecular flexibility index (Phi) is 36.8.